The van der Waals surface area contributed by atoms with Crippen LogP contribution >= 0.6 is 11.3 Å². The standard InChI is InChI=1S/C43H26N2OS/c44-25-26-20-21-30-29-12-4-6-17-36(29)45(38(30)24-26)37-18-9-16-35-40-32(23-22-28(42(40)46-41(35)37)27-10-2-1-3-11-27)34-15-8-14-33-31-13-5-7-19-39(31)47-43(33)34/h1-6,8-18,20-24H,7,19H2. The molecule has 0 unspecified atom stereocenters. The number of aryl methyl sites for hydroxylation is 1. The number of fused-ring (bicyclic) bond motifs is 9. The molecule has 10 rings (SSSR count). The van der Waals surface area contributed by atoms with Gasteiger partial charge in [-0.1, -0.05) is 103 Å². The fourth-order valence-corrected chi connectivity index (χ4v) is 8.95. The van der Waals surface area contributed by atoms with Gasteiger partial charge in [0, 0.05) is 47.6 Å². The fourth-order valence-electron chi connectivity index (χ4n) is 7.62. The van der Waals surface area contributed by atoms with Gasteiger partial charge in [-0.15, -0.1) is 11.3 Å². The van der Waals surface area contributed by atoms with Gasteiger partial charge in [0.1, 0.15) is 5.58 Å². The second-order valence-corrected chi connectivity index (χ2v) is 13.4. The number of nitrogens with zero attached hydrogens (tertiary/aromatic N) is 2. The molecular formula is C43H26N2OS. The van der Waals surface area contributed by atoms with E-state index >= 15 is 0 Å². The van der Waals surface area contributed by atoms with Crippen molar-refractivity contribution in [1.82, 2.24) is 4.57 Å². The third-order valence-corrected chi connectivity index (χ3v) is 11.0. The molecule has 3 aromatic heterocycles. The van der Waals surface area contributed by atoms with Gasteiger partial charge in [0.05, 0.1) is 28.4 Å². The molecule has 0 bridgehead atoms. The van der Waals surface area contributed by atoms with Crippen LogP contribution in [0, 0.1) is 11.3 Å². The van der Waals surface area contributed by atoms with Crippen molar-refractivity contribution in [2.75, 3.05) is 0 Å². The predicted octanol–water partition coefficient (Wildman–Crippen LogP) is 12.1. The van der Waals surface area contributed by atoms with Gasteiger partial charge in [0.25, 0.3) is 0 Å². The number of allylic oxidation sites excluding steroid dienone is 1. The molecule has 3 heterocycles. The first-order chi connectivity index (χ1) is 23.3. The van der Waals surface area contributed by atoms with E-state index in [1.54, 1.807) is 0 Å². The molecule has 0 aliphatic heterocycles. The number of benzene rings is 6. The van der Waals surface area contributed by atoms with E-state index in [-0.39, 0.29) is 0 Å². The second-order valence-electron chi connectivity index (χ2n) is 12.2. The van der Waals surface area contributed by atoms with Crippen molar-refractivity contribution in [3.05, 3.63) is 143 Å². The summed E-state index contributed by atoms with van der Waals surface area (Å²) >= 11 is 1.93. The predicted molar refractivity (Wildman–Crippen MR) is 196 cm³/mol. The average molecular weight is 619 g/mol. The second kappa shape index (κ2) is 10.1. The van der Waals surface area contributed by atoms with Crippen LogP contribution in [0.25, 0.3) is 87.8 Å². The van der Waals surface area contributed by atoms with Crippen molar-refractivity contribution >= 4 is 71.2 Å². The fraction of sp³-hybridized carbons (Fsp3) is 0.0465. The van der Waals surface area contributed by atoms with E-state index in [0.717, 1.165) is 73.4 Å². The highest BCUT2D eigenvalue weighted by Crippen LogP contribution is 2.48. The third kappa shape index (κ3) is 3.78. The van der Waals surface area contributed by atoms with Crippen LogP contribution in [0.15, 0.2) is 132 Å². The molecule has 220 valence electrons. The Labute approximate surface area is 274 Å². The molecular weight excluding hydrogens is 593 g/mol. The zero-order valence-corrected chi connectivity index (χ0v) is 26.1. The van der Waals surface area contributed by atoms with Crippen LogP contribution in [-0.4, -0.2) is 4.57 Å². The third-order valence-electron chi connectivity index (χ3n) is 9.70. The number of furan rings is 1. The summed E-state index contributed by atoms with van der Waals surface area (Å²) in [6, 6.07) is 45.0. The van der Waals surface area contributed by atoms with E-state index in [0.29, 0.717) is 5.56 Å². The highest BCUT2D eigenvalue weighted by Gasteiger charge is 2.23. The van der Waals surface area contributed by atoms with Crippen LogP contribution in [0.5, 0.6) is 0 Å². The Kier molecular flexibility index (Phi) is 5.64. The molecule has 3 nitrogen and oxygen atoms in total. The molecule has 0 saturated carbocycles. The molecule has 0 spiro atoms. The van der Waals surface area contributed by atoms with E-state index in [9.17, 15) is 5.26 Å². The Morgan fingerprint density at radius 3 is 2.36 bits per heavy atom. The summed E-state index contributed by atoms with van der Waals surface area (Å²) < 4.78 is 10.7. The molecule has 1 aliphatic rings. The summed E-state index contributed by atoms with van der Waals surface area (Å²) in [5.41, 5.74) is 11.4. The normalized spacial score (nSPS) is 12.8. The van der Waals surface area contributed by atoms with Crippen molar-refractivity contribution in [2.45, 2.75) is 12.8 Å². The number of nitriles is 1. The molecule has 0 atom stereocenters. The number of hydrogen-bond donors (Lipinski definition) is 0. The highest BCUT2D eigenvalue weighted by molar-refractivity contribution is 7.20. The Morgan fingerprint density at radius 1 is 0.660 bits per heavy atom. The molecule has 0 N–H and O–H groups in total. The first-order valence-corrected chi connectivity index (χ1v) is 16.8. The average Bonchev–Trinajstić information content (AvgIpc) is 3.81. The Bertz CT molecular complexity index is 2800. The molecule has 0 amide bonds. The molecule has 0 saturated heterocycles. The quantitative estimate of drug-likeness (QED) is 0.198. The molecule has 0 radical (unpaired) electrons. The van der Waals surface area contributed by atoms with Crippen LogP contribution in [0.4, 0.5) is 0 Å². The Balaban J connectivity index is 1.34. The van der Waals surface area contributed by atoms with Gasteiger partial charge in [-0.3, -0.25) is 0 Å². The summed E-state index contributed by atoms with van der Waals surface area (Å²) in [5.74, 6) is 0. The van der Waals surface area contributed by atoms with Gasteiger partial charge < -0.3 is 8.98 Å². The molecule has 1 aliphatic carbocycles. The van der Waals surface area contributed by atoms with Crippen molar-refractivity contribution in [2.24, 2.45) is 0 Å². The maximum Gasteiger partial charge on any atom is 0.159 e. The smallest absolute Gasteiger partial charge is 0.159 e. The molecule has 47 heavy (non-hydrogen) atoms. The first kappa shape index (κ1) is 26.3. The van der Waals surface area contributed by atoms with Gasteiger partial charge in [-0.05, 0) is 59.9 Å². The minimum atomic E-state index is 0.633. The summed E-state index contributed by atoms with van der Waals surface area (Å²) in [6.07, 6.45) is 6.79. The van der Waals surface area contributed by atoms with Crippen LogP contribution in [-0.2, 0) is 6.42 Å². The van der Waals surface area contributed by atoms with E-state index in [1.165, 1.54) is 31.7 Å². The lowest BCUT2D eigenvalue weighted by Gasteiger charge is -2.10. The maximum atomic E-state index is 9.83. The van der Waals surface area contributed by atoms with Gasteiger partial charge in [0.15, 0.2) is 5.58 Å². The highest BCUT2D eigenvalue weighted by atomic mass is 32.1. The van der Waals surface area contributed by atoms with Crippen LogP contribution in [0.1, 0.15) is 22.4 Å². The Hall–Kier alpha value is -5.89. The number of thiophene rings is 1. The van der Waals surface area contributed by atoms with Gasteiger partial charge >= 0.3 is 0 Å². The SMILES string of the molecule is N#Cc1ccc2c3ccccc3n(-c3cccc4c3oc3c(-c5ccccc5)ccc(-c5cccc6c7c(sc56)CCC=C7)c34)c2c1. The van der Waals surface area contributed by atoms with Crippen LogP contribution in [0.2, 0.25) is 0 Å². The number of rotatable bonds is 3. The van der Waals surface area contributed by atoms with Gasteiger partial charge in [0.2, 0.25) is 0 Å². The van der Waals surface area contributed by atoms with Crippen LogP contribution < -0.4 is 0 Å². The molecule has 6 aromatic carbocycles. The van der Waals surface area contributed by atoms with Gasteiger partial charge in [-0.2, -0.15) is 5.26 Å². The number of hydrogen-bond acceptors (Lipinski definition) is 3. The lowest BCUT2D eigenvalue weighted by Crippen LogP contribution is -1.94. The zero-order chi connectivity index (χ0) is 31.1. The van der Waals surface area contributed by atoms with Crippen molar-refractivity contribution in [3.63, 3.8) is 0 Å². The molecule has 9 aromatic rings. The summed E-state index contributed by atoms with van der Waals surface area (Å²) in [5, 5.41) is 15.6. The summed E-state index contributed by atoms with van der Waals surface area (Å²) in [6.45, 7) is 0. The van der Waals surface area contributed by atoms with Crippen molar-refractivity contribution < 1.29 is 4.42 Å². The Morgan fingerprint density at radius 2 is 1.45 bits per heavy atom. The minimum absolute atomic E-state index is 0.633. The number of para-hydroxylation sites is 2. The summed E-state index contributed by atoms with van der Waals surface area (Å²) in [7, 11) is 0. The molecule has 0 fully saturated rings. The maximum absolute atomic E-state index is 9.83. The molecule has 4 heteroatoms. The lowest BCUT2D eigenvalue weighted by atomic mass is 9.93. The zero-order valence-electron chi connectivity index (χ0n) is 25.3. The van der Waals surface area contributed by atoms with Crippen molar-refractivity contribution in [3.8, 4) is 34.0 Å². The minimum Gasteiger partial charge on any atom is -0.453 e. The van der Waals surface area contributed by atoms with E-state index < -0.39 is 0 Å². The van der Waals surface area contributed by atoms with E-state index in [1.807, 2.05) is 23.5 Å². The topological polar surface area (TPSA) is 41.9 Å². The lowest BCUT2D eigenvalue weighted by molar-refractivity contribution is 0.667. The first-order valence-electron chi connectivity index (χ1n) is 16.0. The van der Waals surface area contributed by atoms with E-state index in [4.69, 9.17) is 4.42 Å². The monoisotopic (exact) mass is 618 g/mol. The van der Waals surface area contributed by atoms with Crippen LogP contribution in [0.3, 0.4) is 0 Å². The van der Waals surface area contributed by atoms with Crippen molar-refractivity contribution in [1.29, 1.82) is 5.26 Å². The van der Waals surface area contributed by atoms with E-state index in [2.05, 4.69) is 132 Å². The summed E-state index contributed by atoms with van der Waals surface area (Å²) in [4.78, 5) is 1.47. The largest absolute Gasteiger partial charge is 0.453 e. The van der Waals surface area contributed by atoms with Gasteiger partial charge in [-0.25, -0.2) is 0 Å². The number of aromatic nitrogens is 1.